The van der Waals surface area contributed by atoms with E-state index in [-0.39, 0.29) is 18.4 Å². The Labute approximate surface area is 92.7 Å². The molecule has 1 aliphatic rings. The van der Waals surface area contributed by atoms with Gasteiger partial charge in [0.25, 0.3) is 0 Å². The molecule has 86 valence electrons. The van der Waals surface area contributed by atoms with Crippen LogP contribution in [0.1, 0.15) is 12.0 Å². The highest BCUT2D eigenvalue weighted by molar-refractivity contribution is 5.74. The van der Waals surface area contributed by atoms with Crippen LogP contribution in [0.3, 0.4) is 0 Å². The molecule has 0 radical (unpaired) electrons. The maximum absolute atomic E-state index is 12.9. The van der Waals surface area contributed by atoms with E-state index < -0.39 is 0 Å². The highest BCUT2D eigenvalue weighted by Gasteiger charge is 2.17. The number of carbonyl (C=O) groups excluding carboxylic acids is 1. The van der Waals surface area contributed by atoms with Crippen LogP contribution in [0.2, 0.25) is 0 Å². The zero-order valence-corrected chi connectivity index (χ0v) is 8.78. The van der Waals surface area contributed by atoms with Gasteiger partial charge in [0.1, 0.15) is 5.83 Å². The first-order chi connectivity index (χ1) is 7.75. The standard InChI is InChI=1S/C11H13FN2O2/c12-10-2-1-4-14(7-10)11(15)13-6-9-3-5-16-8-9/h2-3,5,8H,1,4,6-7H2,(H,13,15). The van der Waals surface area contributed by atoms with E-state index >= 15 is 0 Å². The Morgan fingerprint density at radius 3 is 3.19 bits per heavy atom. The molecule has 2 amide bonds. The highest BCUT2D eigenvalue weighted by Crippen LogP contribution is 2.10. The van der Waals surface area contributed by atoms with Crippen molar-refractivity contribution in [3.05, 3.63) is 36.1 Å². The fraction of sp³-hybridized carbons (Fsp3) is 0.364. The van der Waals surface area contributed by atoms with Gasteiger partial charge in [-0.1, -0.05) is 0 Å². The molecule has 0 bridgehead atoms. The van der Waals surface area contributed by atoms with Crippen molar-refractivity contribution in [2.75, 3.05) is 13.1 Å². The Balaban J connectivity index is 1.82. The van der Waals surface area contributed by atoms with Gasteiger partial charge >= 0.3 is 6.03 Å². The summed E-state index contributed by atoms with van der Waals surface area (Å²) in [5, 5.41) is 2.71. The van der Waals surface area contributed by atoms with Crippen molar-refractivity contribution < 1.29 is 13.6 Å². The van der Waals surface area contributed by atoms with Crippen LogP contribution in [0.15, 0.2) is 34.9 Å². The summed E-state index contributed by atoms with van der Waals surface area (Å²) in [6, 6.07) is 1.53. The molecule has 5 heteroatoms. The maximum Gasteiger partial charge on any atom is 0.318 e. The molecule has 0 aliphatic carbocycles. The molecule has 1 aromatic heterocycles. The van der Waals surface area contributed by atoms with E-state index in [2.05, 4.69) is 5.32 Å². The monoisotopic (exact) mass is 224 g/mol. The summed E-state index contributed by atoms with van der Waals surface area (Å²) in [6.07, 6.45) is 5.20. The van der Waals surface area contributed by atoms with Gasteiger partial charge in [0.15, 0.2) is 0 Å². The maximum atomic E-state index is 12.9. The molecule has 0 spiro atoms. The molecule has 1 N–H and O–H groups in total. The van der Waals surface area contributed by atoms with Crippen molar-refractivity contribution in [1.82, 2.24) is 10.2 Å². The summed E-state index contributed by atoms with van der Waals surface area (Å²) in [5.74, 6) is -0.246. The summed E-state index contributed by atoms with van der Waals surface area (Å²) >= 11 is 0. The van der Waals surface area contributed by atoms with Gasteiger partial charge in [-0.05, 0) is 18.6 Å². The Kier molecular flexibility index (Phi) is 3.24. The molecule has 0 atom stereocenters. The molecule has 0 saturated carbocycles. The largest absolute Gasteiger partial charge is 0.472 e. The molecule has 1 aliphatic heterocycles. The van der Waals surface area contributed by atoms with Gasteiger partial charge in [0, 0.05) is 18.7 Å². The molecular weight excluding hydrogens is 211 g/mol. The van der Waals surface area contributed by atoms with Crippen LogP contribution in [0, 0.1) is 0 Å². The Morgan fingerprint density at radius 2 is 2.50 bits per heavy atom. The SMILES string of the molecule is O=C(NCc1ccoc1)N1CCC=C(F)C1. The number of carbonyl (C=O) groups is 1. The van der Waals surface area contributed by atoms with Gasteiger partial charge in [-0.15, -0.1) is 0 Å². The molecule has 0 saturated heterocycles. The second kappa shape index (κ2) is 4.83. The first-order valence-corrected chi connectivity index (χ1v) is 5.14. The first-order valence-electron chi connectivity index (χ1n) is 5.14. The van der Waals surface area contributed by atoms with E-state index in [9.17, 15) is 9.18 Å². The summed E-state index contributed by atoms with van der Waals surface area (Å²) in [5.41, 5.74) is 0.890. The third kappa shape index (κ3) is 2.62. The van der Waals surface area contributed by atoms with Crippen LogP contribution in [-0.2, 0) is 6.54 Å². The van der Waals surface area contributed by atoms with E-state index in [0.717, 1.165) is 5.56 Å². The summed E-state index contributed by atoms with van der Waals surface area (Å²) in [6.45, 7) is 1.03. The van der Waals surface area contributed by atoms with E-state index in [1.54, 1.807) is 18.6 Å². The smallest absolute Gasteiger partial charge is 0.318 e. The number of rotatable bonds is 2. The minimum atomic E-state index is -0.246. The molecule has 2 heterocycles. The van der Waals surface area contributed by atoms with Crippen molar-refractivity contribution in [3.63, 3.8) is 0 Å². The number of hydrogen-bond donors (Lipinski definition) is 1. The lowest BCUT2D eigenvalue weighted by Crippen LogP contribution is -2.42. The fourth-order valence-electron chi connectivity index (χ4n) is 1.56. The van der Waals surface area contributed by atoms with Gasteiger partial charge in [-0.25, -0.2) is 9.18 Å². The number of halogens is 1. The summed E-state index contributed by atoms with van der Waals surface area (Å²) in [4.78, 5) is 13.1. The van der Waals surface area contributed by atoms with Crippen molar-refractivity contribution in [2.45, 2.75) is 13.0 Å². The fourth-order valence-corrected chi connectivity index (χ4v) is 1.56. The van der Waals surface area contributed by atoms with E-state index in [1.807, 2.05) is 0 Å². The van der Waals surface area contributed by atoms with Crippen LogP contribution < -0.4 is 5.32 Å². The van der Waals surface area contributed by atoms with E-state index in [4.69, 9.17) is 4.42 Å². The number of nitrogens with one attached hydrogen (secondary N) is 1. The van der Waals surface area contributed by atoms with Gasteiger partial charge in [-0.3, -0.25) is 0 Å². The zero-order valence-electron chi connectivity index (χ0n) is 8.78. The lowest BCUT2D eigenvalue weighted by atomic mass is 10.2. The molecule has 0 aromatic carbocycles. The quantitative estimate of drug-likeness (QED) is 0.835. The minimum absolute atomic E-state index is 0.0667. The topological polar surface area (TPSA) is 45.5 Å². The lowest BCUT2D eigenvalue weighted by molar-refractivity contribution is 0.196. The normalized spacial score (nSPS) is 15.8. The van der Waals surface area contributed by atoms with Crippen LogP contribution in [-0.4, -0.2) is 24.0 Å². The highest BCUT2D eigenvalue weighted by atomic mass is 19.1. The van der Waals surface area contributed by atoms with E-state index in [1.165, 1.54) is 11.0 Å². The number of amides is 2. The van der Waals surface area contributed by atoms with Gasteiger partial charge in [0.2, 0.25) is 0 Å². The molecule has 4 nitrogen and oxygen atoms in total. The van der Waals surface area contributed by atoms with Gasteiger partial charge < -0.3 is 14.6 Å². The zero-order chi connectivity index (χ0) is 11.4. The first kappa shape index (κ1) is 10.7. The number of urea groups is 1. The van der Waals surface area contributed by atoms with Crippen molar-refractivity contribution in [3.8, 4) is 0 Å². The second-order valence-corrected chi connectivity index (χ2v) is 3.65. The summed E-state index contributed by atoms with van der Waals surface area (Å²) in [7, 11) is 0. The molecule has 16 heavy (non-hydrogen) atoms. The van der Waals surface area contributed by atoms with E-state index in [0.29, 0.717) is 19.5 Å². The number of furan rings is 1. The second-order valence-electron chi connectivity index (χ2n) is 3.65. The molecule has 1 aromatic rings. The van der Waals surface area contributed by atoms with Crippen LogP contribution in [0.5, 0.6) is 0 Å². The number of hydrogen-bond acceptors (Lipinski definition) is 2. The van der Waals surface area contributed by atoms with Crippen LogP contribution in [0.25, 0.3) is 0 Å². The molecule has 2 rings (SSSR count). The predicted molar refractivity (Wildman–Crippen MR) is 56.3 cm³/mol. The van der Waals surface area contributed by atoms with Gasteiger partial charge in [-0.2, -0.15) is 0 Å². The van der Waals surface area contributed by atoms with Crippen molar-refractivity contribution in [2.24, 2.45) is 0 Å². The Morgan fingerprint density at radius 1 is 1.62 bits per heavy atom. The lowest BCUT2D eigenvalue weighted by Gasteiger charge is -2.24. The van der Waals surface area contributed by atoms with Crippen LogP contribution >= 0.6 is 0 Å². The molecule has 0 fully saturated rings. The minimum Gasteiger partial charge on any atom is -0.472 e. The molecule has 0 unspecified atom stereocenters. The van der Waals surface area contributed by atoms with Crippen molar-refractivity contribution >= 4 is 6.03 Å². The third-order valence-electron chi connectivity index (χ3n) is 2.42. The number of nitrogens with zero attached hydrogens (tertiary/aromatic N) is 1. The Bertz CT molecular complexity index is 387. The van der Waals surface area contributed by atoms with Gasteiger partial charge in [0.05, 0.1) is 19.1 Å². The van der Waals surface area contributed by atoms with Crippen molar-refractivity contribution in [1.29, 1.82) is 0 Å². The van der Waals surface area contributed by atoms with Crippen LogP contribution in [0.4, 0.5) is 9.18 Å². The third-order valence-corrected chi connectivity index (χ3v) is 2.42. The predicted octanol–water partition coefficient (Wildman–Crippen LogP) is 2.05. The average Bonchev–Trinajstić information content (AvgIpc) is 2.78. The molecular formula is C11H13FN2O2. The average molecular weight is 224 g/mol. The Hall–Kier alpha value is -1.78. The summed E-state index contributed by atoms with van der Waals surface area (Å²) < 4.78 is 17.8.